The van der Waals surface area contributed by atoms with E-state index >= 15 is 0 Å². The van der Waals surface area contributed by atoms with E-state index in [4.69, 9.17) is 5.26 Å². The molecule has 0 heterocycles. The second-order valence-corrected chi connectivity index (χ2v) is 5.45. The molecule has 0 spiro atoms. The number of nitrogens with zero attached hydrogens (tertiary/aromatic N) is 3. The normalized spacial score (nSPS) is 10.3. The van der Waals surface area contributed by atoms with Gasteiger partial charge in [0.15, 0.2) is 0 Å². The number of carbonyl (C=O) groups excluding carboxylic acids is 1. The number of likely N-dealkylation sites (N-methyl/N-ethyl adjacent to an activating group) is 1. The van der Waals surface area contributed by atoms with Gasteiger partial charge in [0.25, 0.3) is 0 Å². The van der Waals surface area contributed by atoms with Crippen molar-refractivity contribution in [1.82, 2.24) is 4.90 Å². The van der Waals surface area contributed by atoms with Crippen LogP contribution in [0.4, 0.5) is 5.69 Å². The highest BCUT2D eigenvalue weighted by atomic mass is 16.2. The fourth-order valence-corrected chi connectivity index (χ4v) is 2.43. The summed E-state index contributed by atoms with van der Waals surface area (Å²) in [7, 11) is 1.93. The summed E-state index contributed by atoms with van der Waals surface area (Å²) >= 11 is 0. The van der Waals surface area contributed by atoms with E-state index in [0.717, 1.165) is 5.69 Å². The monoisotopic (exact) mass is 307 g/mol. The highest BCUT2D eigenvalue weighted by Crippen LogP contribution is 2.14. The highest BCUT2D eigenvalue weighted by molar-refractivity contribution is 5.94. The van der Waals surface area contributed by atoms with E-state index in [9.17, 15) is 4.79 Å². The van der Waals surface area contributed by atoms with Crippen molar-refractivity contribution < 1.29 is 4.79 Å². The summed E-state index contributed by atoms with van der Waals surface area (Å²) in [5, 5.41) is 8.82. The topological polar surface area (TPSA) is 47.3 Å². The van der Waals surface area contributed by atoms with Crippen LogP contribution in [0.1, 0.15) is 12.0 Å². The van der Waals surface area contributed by atoms with Crippen LogP contribution in [-0.2, 0) is 11.3 Å². The fourth-order valence-electron chi connectivity index (χ4n) is 2.43. The highest BCUT2D eigenvalue weighted by Gasteiger charge is 2.17. The predicted molar refractivity (Wildman–Crippen MR) is 91.8 cm³/mol. The summed E-state index contributed by atoms with van der Waals surface area (Å²) in [4.78, 5) is 16.3. The average Bonchev–Trinajstić information content (AvgIpc) is 2.57. The van der Waals surface area contributed by atoms with Crippen LogP contribution >= 0.6 is 0 Å². The zero-order chi connectivity index (χ0) is 16.5. The number of anilines is 1. The zero-order valence-corrected chi connectivity index (χ0v) is 13.4. The number of hydrogen-bond acceptors (Lipinski definition) is 3. The van der Waals surface area contributed by atoms with Gasteiger partial charge in [0.05, 0.1) is 19.0 Å². The van der Waals surface area contributed by atoms with Gasteiger partial charge in [-0.3, -0.25) is 9.69 Å². The molecule has 0 unspecified atom stereocenters. The lowest BCUT2D eigenvalue weighted by Crippen LogP contribution is -2.39. The summed E-state index contributed by atoms with van der Waals surface area (Å²) in [5.74, 6) is 0.00452. The molecule has 0 radical (unpaired) electrons. The molecule has 2 aromatic rings. The van der Waals surface area contributed by atoms with Crippen molar-refractivity contribution in [2.24, 2.45) is 0 Å². The summed E-state index contributed by atoms with van der Waals surface area (Å²) in [6.45, 7) is 1.45. The van der Waals surface area contributed by atoms with Gasteiger partial charge >= 0.3 is 0 Å². The van der Waals surface area contributed by atoms with Crippen molar-refractivity contribution in [3.8, 4) is 6.07 Å². The van der Waals surface area contributed by atoms with Crippen LogP contribution < -0.4 is 4.90 Å². The minimum Gasteiger partial charge on any atom is -0.310 e. The Kier molecular flexibility index (Phi) is 6.34. The van der Waals surface area contributed by atoms with E-state index < -0.39 is 0 Å². The molecular weight excluding hydrogens is 286 g/mol. The summed E-state index contributed by atoms with van der Waals surface area (Å²) in [5.41, 5.74) is 2.01. The van der Waals surface area contributed by atoms with Gasteiger partial charge in [0, 0.05) is 18.8 Å². The van der Waals surface area contributed by atoms with Crippen LogP contribution in [0.15, 0.2) is 60.7 Å². The van der Waals surface area contributed by atoms with Crippen LogP contribution in [0.2, 0.25) is 0 Å². The smallest absolute Gasteiger partial charge is 0.241 e. The Morgan fingerprint density at radius 3 is 2.26 bits per heavy atom. The van der Waals surface area contributed by atoms with E-state index in [1.807, 2.05) is 72.6 Å². The van der Waals surface area contributed by atoms with Gasteiger partial charge < -0.3 is 4.90 Å². The minimum atomic E-state index is 0.00452. The Balaban J connectivity index is 2.01. The van der Waals surface area contributed by atoms with E-state index in [1.165, 1.54) is 5.56 Å². The number of rotatable bonds is 7. The third-order valence-electron chi connectivity index (χ3n) is 3.52. The Morgan fingerprint density at radius 1 is 1.04 bits per heavy atom. The fraction of sp³-hybridized carbons (Fsp3) is 0.263. The number of amides is 1. The number of hydrogen-bond donors (Lipinski definition) is 0. The van der Waals surface area contributed by atoms with Crippen molar-refractivity contribution in [3.05, 3.63) is 66.2 Å². The molecule has 1 amide bonds. The Morgan fingerprint density at radius 2 is 1.65 bits per heavy atom. The Labute approximate surface area is 137 Å². The van der Waals surface area contributed by atoms with Crippen LogP contribution in [0.3, 0.4) is 0 Å². The summed E-state index contributed by atoms with van der Waals surface area (Å²) in [6, 6.07) is 21.7. The summed E-state index contributed by atoms with van der Waals surface area (Å²) in [6.07, 6.45) is 0.322. The molecule has 0 saturated carbocycles. The minimum absolute atomic E-state index is 0.00452. The molecule has 118 valence electrons. The lowest BCUT2D eigenvalue weighted by Gasteiger charge is -2.25. The van der Waals surface area contributed by atoms with Crippen molar-refractivity contribution in [2.45, 2.75) is 13.0 Å². The quantitative estimate of drug-likeness (QED) is 0.790. The molecule has 0 aliphatic heterocycles. The standard InChI is InChI=1S/C19H21N3O/c1-21(15-17-9-4-2-5-10-17)16-19(23)22(14-8-13-20)18-11-6-3-7-12-18/h2-7,9-12H,8,14-16H2,1H3. The first kappa shape index (κ1) is 16.7. The molecule has 23 heavy (non-hydrogen) atoms. The van der Waals surface area contributed by atoms with E-state index in [0.29, 0.717) is 26.1 Å². The summed E-state index contributed by atoms with van der Waals surface area (Å²) < 4.78 is 0. The molecule has 0 bridgehead atoms. The first-order chi connectivity index (χ1) is 11.2. The molecule has 4 nitrogen and oxygen atoms in total. The first-order valence-corrected chi connectivity index (χ1v) is 7.65. The van der Waals surface area contributed by atoms with Gasteiger partial charge in [0.1, 0.15) is 0 Å². The van der Waals surface area contributed by atoms with Gasteiger partial charge in [-0.15, -0.1) is 0 Å². The molecule has 2 rings (SSSR count). The van der Waals surface area contributed by atoms with E-state index in [2.05, 4.69) is 6.07 Å². The third kappa shape index (κ3) is 5.24. The maximum Gasteiger partial charge on any atom is 0.241 e. The van der Waals surface area contributed by atoms with Gasteiger partial charge in [0.2, 0.25) is 5.91 Å². The Bertz CT molecular complexity index is 649. The second kappa shape index (κ2) is 8.72. The van der Waals surface area contributed by atoms with Crippen molar-refractivity contribution in [1.29, 1.82) is 5.26 Å². The zero-order valence-electron chi connectivity index (χ0n) is 13.4. The number of benzene rings is 2. The molecule has 0 atom stereocenters. The lowest BCUT2D eigenvalue weighted by molar-refractivity contribution is -0.119. The maximum atomic E-state index is 12.6. The van der Waals surface area contributed by atoms with Gasteiger partial charge in [-0.05, 0) is 24.7 Å². The number of carbonyl (C=O) groups is 1. The molecule has 0 aliphatic carbocycles. The van der Waals surface area contributed by atoms with E-state index in [1.54, 1.807) is 4.90 Å². The molecule has 0 saturated heterocycles. The maximum absolute atomic E-state index is 12.6. The van der Waals surface area contributed by atoms with Gasteiger partial charge in [-0.2, -0.15) is 5.26 Å². The third-order valence-corrected chi connectivity index (χ3v) is 3.52. The Hall–Kier alpha value is -2.64. The molecule has 2 aromatic carbocycles. The van der Waals surface area contributed by atoms with E-state index in [-0.39, 0.29) is 5.91 Å². The lowest BCUT2D eigenvalue weighted by atomic mass is 10.2. The molecule has 0 aliphatic rings. The molecule has 0 fully saturated rings. The van der Waals surface area contributed by atoms with Gasteiger partial charge in [-0.1, -0.05) is 48.5 Å². The van der Waals surface area contributed by atoms with Crippen molar-refractivity contribution in [2.75, 3.05) is 25.0 Å². The van der Waals surface area contributed by atoms with Crippen molar-refractivity contribution >= 4 is 11.6 Å². The number of nitriles is 1. The number of para-hydroxylation sites is 1. The molecule has 4 heteroatoms. The second-order valence-electron chi connectivity index (χ2n) is 5.45. The van der Waals surface area contributed by atoms with Crippen LogP contribution in [0.25, 0.3) is 0 Å². The average molecular weight is 307 g/mol. The molecule has 0 aromatic heterocycles. The predicted octanol–water partition coefficient (Wildman–Crippen LogP) is 3.07. The van der Waals surface area contributed by atoms with Crippen LogP contribution in [0.5, 0.6) is 0 Å². The SMILES string of the molecule is CN(CC(=O)N(CCC#N)c1ccccc1)Cc1ccccc1. The first-order valence-electron chi connectivity index (χ1n) is 7.65. The molecule has 0 N–H and O–H groups in total. The van der Waals surface area contributed by atoms with Crippen molar-refractivity contribution in [3.63, 3.8) is 0 Å². The van der Waals surface area contributed by atoms with Gasteiger partial charge in [-0.25, -0.2) is 0 Å². The van der Waals surface area contributed by atoms with Crippen LogP contribution in [0, 0.1) is 11.3 Å². The molecular formula is C19H21N3O. The van der Waals surface area contributed by atoms with Crippen LogP contribution in [-0.4, -0.2) is 30.9 Å². The largest absolute Gasteiger partial charge is 0.310 e.